The average molecular weight is 196 g/mol. The summed E-state index contributed by atoms with van der Waals surface area (Å²) in [5, 5.41) is 0. The molecular weight excluding hydrogens is 184 g/mol. The van der Waals surface area contributed by atoms with E-state index in [0.29, 0.717) is 24.9 Å². The van der Waals surface area contributed by atoms with Gasteiger partial charge in [0.1, 0.15) is 11.5 Å². The normalized spacial score (nSPS) is 48.9. The van der Waals surface area contributed by atoms with Crippen molar-refractivity contribution in [3.05, 3.63) is 0 Å². The molecule has 2 bridgehead atoms. The van der Waals surface area contributed by atoms with Crippen molar-refractivity contribution in [1.29, 1.82) is 0 Å². The minimum Gasteiger partial charge on any atom is -0.465 e. The van der Waals surface area contributed by atoms with Crippen LogP contribution < -0.4 is 0 Å². The molecule has 2 saturated carbocycles. The molecule has 3 rings (SSSR count). The summed E-state index contributed by atoms with van der Waals surface area (Å²) in [7, 11) is 0. The van der Waals surface area contributed by atoms with Crippen molar-refractivity contribution in [1.82, 2.24) is 0 Å². The Bertz CT molecular complexity index is 300. The van der Waals surface area contributed by atoms with Gasteiger partial charge >= 0.3 is 5.97 Å². The Morgan fingerprint density at radius 1 is 1.57 bits per heavy atom. The maximum absolute atomic E-state index is 11.5. The summed E-state index contributed by atoms with van der Waals surface area (Å²) in [5.74, 6) is 0.480. The average Bonchev–Trinajstić information content (AvgIpc) is 2.78. The highest BCUT2D eigenvalue weighted by Gasteiger charge is 2.65. The second-order valence-corrected chi connectivity index (χ2v) is 4.55. The molecule has 3 aliphatic rings. The monoisotopic (exact) mass is 196 g/mol. The molecule has 1 aliphatic heterocycles. The minimum atomic E-state index is -0.509. The molecule has 4 atom stereocenters. The van der Waals surface area contributed by atoms with Gasteiger partial charge in [0.05, 0.1) is 6.61 Å². The molecule has 2 aliphatic carbocycles. The molecular formula is C10H12O4. The van der Waals surface area contributed by atoms with Crippen LogP contribution in [-0.4, -0.2) is 24.6 Å². The van der Waals surface area contributed by atoms with Crippen LogP contribution in [0.15, 0.2) is 0 Å². The minimum absolute atomic E-state index is 0.168. The van der Waals surface area contributed by atoms with Gasteiger partial charge in [-0.2, -0.15) is 0 Å². The largest absolute Gasteiger partial charge is 0.465 e. The van der Waals surface area contributed by atoms with Gasteiger partial charge in [-0.05, 0) is 25.2 Å². The molecule has 0 amide bonds. The van der Waals surface area contributed by atoms with E-state index in [4.69, 9.17) is 9.47 Å². The fourth-order valence-corrected chi connectivity index (χ4v) is 3.55. The van der Waals surface area contributed by atoms with Gasteiger partial charge in [0.25, 0.3) is 6.47 Å². The highest BCUT2D eigenvalue weighted by Crippen LogP contribution is 2.59. The molecule has 0 spiro atoms. The number of fused-ring (bicyclic) bond motifs is 5. The molecule has 1 saturated heterocycles. The van der Waals surface area contributed by atoms with E-state index in [1.54, 1.807) is 0 Å². The van der Waals surface area contributed by atoms with Crippen LogP contribution in [0.2, 0.25) is 0 Å². The summed E-state index contributed by atoms with van der Waals surface area (Å²) in [6.45, 7) is 1.01. The summed E-state index contributed by atoms with van der Waals surface area (Å²) in [4.78, 5) is 22.0. The number of carbonyl (C=O) groups is 2. The molecule has 3 fully saturated rings. The van der Waals surface area contributed by atoms with E-state index in [-0.39, 0.29) is 11.9 Å². The fourth-order valence-electron chi connectivity index (χ4n) is 3.55. The zero-order valence-electron chi connectivity index (χ0n) is 7.77. The molecule has 14 heavy (non-hydrogen) atoms. The van der Waals surface area contributed by atoms with Crippen molar-refractivity contribution < 1.29 is 19.1 Å². The lowest BCUT2D eigenvalue weighted by molar-refractivity contribution is -0.158. The zero-order valence-corrected chi connectivity index (χ0v) is 7.77. The molecule has 0 aromatic rings. The first-order valence-corrected chi connectivity index (χ1v) is 5.05. The molecule has 0 N–H and O–H groups in total. The number of ether oxygens (including phenoxy) is 2. The molecule has 4 nitrogen and oxygen atoms in total. The second-order valence-electron chi connectivity index (χ2n) is 4.55. The Morgan fingerprint density at radius 3 is 3.21 bits per heavy atom. The Balaban J connectivity index is 1.97. The predicted molar refractivity (Wildman–Crippen MR) is 45.2 cm³/mol. The standard InChI is InChI=1S/C10H12O4/c11-5-14-10-2-1-6(3-10)7-4-13-9(12)8(7)10/h5-8H,1-4H2. The summed E-state index contributed by atoms with van der Waals surface area (Å²) in [5.41, 5.74) is -0.509. The van der Waals surface area contributed by atoms with Crippen LogP contribution in [0.25, 0.3) is 0 Å². The van der Waals surface area contributed by atoms with E-state index in [1.807, 2.05) is 0 Å². The van der Waals surface area contributed by atoms with E-state index in [0.717, 1.165) is 19.3 Å². The summed E-state index contributed by atoms with van der Waals surface area (Å²) in [6.07, 6.45) is 2.74. The molecule has 4 unspecified atom stereocenters. The first-order chi connectivity index (χ1) is 6.77. The second kappa shape index (κ2) is 2.49. The number of hydrogen-bond acceptors (Lipinski definition) is 4. The van der Waals surface area contributed by atoms with E-state index in [2.05, 4.69) is 0 Å². The number of hydrogen-bond donors (Lipinski definition) is 0. The molecule has 0 aromatic carbocycles. The van der Waals surface area contributed by atoms with Gasteiger partial charge < -0.3 is 9.47 Å². The Hall–Kier alpha value is -1.06. The Labute approximate surface area is 81.6 Å². The van der Waals surface area contributed by atoms with E-state index in [9.17, 15) is 9.59 Å². The lowest BCUT2D eigenvalue weighted by Crippen LogP contribution is -2.40. The van der Waals surface area contributed by atoms with Crippen LogP contribution in [0, 0.1) is 17.8 Å². The van der Waals surface area contributed by atoms with Crippen molar-refractivity contribution >= 4 is 12.4 Å². The van der Waals surface area contributed by atoms with Crippen LogP contribution >= 0.6 is 0 Å². The lowest BCUT2D eigenvalue weighted by Gasteiger charge is -2.30. The first kappa shape index (κ1) is 8.26. The van der Waals surface area contributed by atoms with Gasteiger partial charge in [-0.25, -0.2) is 0 Å². The summed E-state index contributed by atoms with van der Waals surface area (Å²) < 4.78 is 10.2. The number of rotatable bonds is 2. The third-order valence-corrected chi connectivity index (χ3v) is 4.10. The zero-order chi connectivity index (χ0) is 9.76. The molecule has 0 aromatic heterocycles. The van der Waals surface area contributed by atoms with E-state index >= 15 is 0 Å². The summed E-state index contributed by atoms with van der Waals surface area (Å²) in [6, 6.07) is 0. The summed E-state index contributed by atoms with van der Waals surface area (Å²) >= 11 is 0. The van der Waals surface area contributed by atoms with E-state index in [1.165, 1.54) is 0 Å². The van der Waals surface area contributed by atoms with Crippen molar-refractivity contribution in [2.75, 3.05) is 6.61 Å². The third-order valence-electron chi connectivity index (χ3n) is 4.10. The predicted octanol–water partition coefficient (Wildman–Crippen LogP) is 0.501. The SMILES string of the molecule is O=COC12CCC(C1)C1COC(=O)C12. The smallest absolute Gasteiger partial charge is 0.313 e. The van der Waals surface area contributed by atoms with Crippen LogP contribution in [0.5, 0.6) is 0 Å². The lowest BCUT2D eigenvalue weighted by atomic mass is 9.79. The molecule has 76 valence electrons. The van der Waals surface area contributed by atoms with Crippen molar-refractivity contribution in [3.63, 3.8) is 0 Å². The topological polar surface area (TPSA) is 52.6 Å². The van der Waals surface area contributed by atoms with Gasteiger partial charge in [-0.1, -0.05) is 0 Å². The number of carbonyl (C=O) groups excluding carboxylic acids is 2. The third kappa shape index (κ3) is 0.792. The fraction of sp³-hybridized carbons (Fsp3) is 0.800. The highest BCUT2D eigenvalue weighted by molar-refractivity contribution is 5.77. The van der Waals surface area contributed by atoms with Crippen molar-refractivity contribution in [2.45, 2.75) is 24.9 Å². The van der Waals surface area contributed by atoms with Crippen molar-refractivity contribution in [3.8, 4) is 0 Å². The first-order valence-electron chi connectivity index (χ1n) is 5.05. The van der Waals surface area contributed by atoms with Crippen molar-refractivity contribution in [2.24, 2.45) is 17.8 Å². The maximum Gasteiger partial charge on any atom is 0.313 e. The number of cyclic esters (lactones) is 1. The molecule has 1 heterocycles. The van der Waals surface area contributed by atoms with Crippen LogP contribution in [0.4, 0.5) is 0 Å². The maximum atomic E-state index is 11.5. The van der Waals surface area contributed by atoms with E-state index < -0.39 is 5.60 Å². The highest BCUT2D eigenvalue weighted by atomic mass is 16.6. The Kier molecular flexibility index (Phi) is 1.47. The molecule has 0 radical (unpaired) electrons. The Morgan fingerprint density at radius 2 is 2.43 bits per heavy atom. The van der Waals surface area contributed by atoms with Crippen LogP contribution in [0.1, 0.15) is 19.3 Å². The van der Waals surface area contributed by atoms with Gasteiger partial charge in [0, 0.05) is 5.92 Å². The van der Waals surface area contributed by atoms with Gasteiger partial charge in [-0.15, -0.1) is 0 Å². The number of esters is 1. The van der Waals surface area contributed by atoms with Gasteiger partial charge in [0.15, 0.2) is 0 Å². The quantitative estimate of drug-likeness (QED) is 0.476. The van der Waals surface area contributed by atoms with Crippen LogP contribution in [0.3, 0.4) is 0 Å². The molecule has 4 heteroatoms. The van der Waals surface area contributed by atoms with Gasteiger partial charge in [0.2, 0.25) is 0 Å². The van der Waals surface area contributed by atoms with Crippen LogP contribution in [-0.2, 0) is 19.1 Å². The van der Waals surface area contributed by atoms with Gasteiger partial charge in [-0.3, -0.25) is 9.59 Å².